The summed E-state index contributed by atoms with van der Waals surface area (Å²) in [5.41, 5.74) is 3.75. The molecule has 0 bridgehead atoms. The van der Waals surface area contributed by atoms with Crippen LogP contribution in [0.1, 0.15) is 89.9 Å². The molecule has 3 N–H and O–H groups in total. The number of benzene rings is 3. The molecule has 0 spiro atoms. The van der Waals surface area contributed by atoms with Crippen LogP contribution in [-0.2, 0) is 36.4 Å². The minimum absolute atomic E-state index is 0.000300. The third-order valence-electron chi connectivity index (χ3n) is 9.96. The lowest BCUT2D eigenvalue weighted by Crippen LogP contribution is -2.54. The topological polar surface area (TPSA) is 195 Å². The van der Waals surface area contributed by atoms with Gasteiger partial charge in [-0.05, 0) is 91.8 Å². The van der Waals surface area contributed by atoms with Gasteiger partial charge >= 0.3 is 0 Å². The van der Waals surface area contributed by atoms with Gasteiger partial charge in [-0.1, -0.05) is 38.1 Å². The normalized spacial score (nSPS) is 15.6. The van der Waals surface area contributed by atoms with E-state index in [0.717, 1.165) is 53.7 Å². The summed E-state index contributed by atoms with van der Waals surface area (Å²) >= 11 is 0. The van der Waals surface area contributed by atoms with Crippen LogP contribution in [0.5, 0.6) is 11.5 Å². The fraction of sp³-hybridized carbons (Fsp3) is 0.381. The lowest BCUT2D eigenvalue weighted by Gasteiger charge is -2.27. The number of hydrogen-bond acceptors (Lipinski definition) is 12. The molecule has 15 nitrogen and oxygen atoms in total. The van der Waals surface area contributed by atoms with E-state index in [4.69, 9.17) is 14.2 Å². The van der Waals surface area contributed by atoms with Crippen LogP contribution in [-0.4, -0.2) is 85.6 Å². The SMILES string of the molecule is CC(C)(c1ccc(OCCCCOCCCCNc2ccc3c(c2)C(=O)N(C2CCC(=O)NC2=O)C3=O)cc1)c1ccc(OCc2ccnc(NS(C)(=O)=O)n2)cc1. The first-order valence-electron chi connectivity index (χ1n) is 19.2. The maximum atomic E-state index is 13.0. The second-order valence-corrected chi connectivity index (χ2v) is 16.5. The second kappa shape index (κ2) is 18.6. The summed E-state index contributed by atoms with van der Waals surface area (Å²) in [5, 5.41) is 5.50. The van der Waals surface area contributed by atoms with Gasteiger partial charge in [0.05, 0.1) is 29.7 Å². The summed E-state index contributed by atoms with van der Waals surface area (Å²) in [7, 11) is -3.48. The number of piperidine rings is 1. The van der Waals surface area contributed by atoms with Crippen molar-refractivity contribution in [2.24, 2.45) is 0 Å². The molecule has 0 saturated carbocycles. The summed E-state index contributed by atoms with van der Waals surface area (Å²) in [4.78, 5) is 58.8. The van der Waals surface area contributed by atoms with Crippen LogP contribution >= 0.6 is 0 Å². The monoisotopic (exact) mass is 812 g/mol. The molecule has 1 aromatic heterocycles. The number of aromatic nitrogens is 2. The van der Waals surface area contributed by atoms with E-state index in [1.54, 1.807) is 24.3 Å². The van der Waals surface area contributed by atoms with Gasteiger partial charge in [-0.15, -0.1) is 0 Å². The first-order valence-corrected chi connectivity index (χ1v) is 21.1. The Labute approximate surface area is 337 Å². The summed E-state index contributed by atoms with van der Waals surface area (Å²) in [5.74, 6) is -0.603. The number of nitrogens with one attached hydrogen (secondary N) is 3. The maximum absolute atomic E-state index is 13.0. The zero-order valence-corrected chi connectivity index (χ0v) is 33.6. The van der Waals surface area contributed by atoms with Crippen molar-refractivity contribution in [3.8, 4) is 11.5 Å². The number of hydrogen-bond donors (Lipinski definition) is 3. The van der Waals surface area contributed by atoms with Crippen LogP contribution < -0.4 is 24.8 Å². The molecule has 3 aromatic carbocycles. The lowest BCUT2D eigenvalue weighted by molar-refractivity contribution is -0.136. The van der Waals surface area contributed by atoms with Gasteiger partial charge in [0.2, 0.25) is 27.8 Å². The average molecular weight is 813 g/mol. The Morgan fingerprint density at radius 3 is 2.12 bits per heavy atom. The van der Waals surface area contributed by atoms with Crippen LogP contribution in [0, 0.1) is 0 Å². The molecule has 3 heterocycles. The highest BCUT2D eigenvalue weighted by atomic mass is 32.2. The summed E-state index contributed by atoms with van der Waals surface area (Å²) in [6.45, 7) is 7.00. The van der Waals surface area contributed by atoms with Gasteiger partial charge in [0.1, 0.15) is 24.1 Å². The van der Waals surface area contributed by atoms with E-state index in [1.807, 2.05) is 36.4 Å². The molecule has 306 valence electrons. The first-order chi connectivity index (χ1) is 27.8. The Morgan fingerprint density at radius 1 is 0.810 bits per heavy atom. The predicted molar refractivity (Wildman–Crippen MR) is 216 cm³/mol. The number of fused-ring (bicyclic) bond motifs is 1. The number of amides is 4. The standard InChI is InChI=1S/C42H48N6O9S/c1-42(2,29-10-15-33(16-11-29)57-27-31-20-22-44-41(45-31)47-58(3,53)54)28-8-13-32(14-9-28)56-25-7-6-24-55-23-5-4-21-43-30-12-17-34-35(26-30)40(52)48(39(34)51)36-18-19-37(49)46-38(36)50/h8-17,20,22,26,36,43H,4-7,18-19,21,23-25,27H2,1-3H3,(H,44,45,47)(H,46,49,50). The second-order valence-electron chi connectivity index (χ2n) is 14.7. The van der Waals surface area contributed by atoms with Crippen molar-refractivity contribution in [2.75, 3.05) is 42.7 Å². The van der Waals surface area contributed by atoms with Crippen LogP contribution in [0.3, 0.4) is 0 Å². The Morgan fingerprint density at radius 2 is 1.45 bits per heavy atom. The number of sulfonamides is 1. The molecule has 1 fully saturated rings. The first kappa shape index (κ1) is 41.8. The molecule has 1 atom stereocenters. The van der Waals surface area contributed by atoms with Gasteiger partial charge in [0.15, 0.2) is 0 Å². The summed E-state index contributed by atoms with van der Waals surface area (Å²) in [6.07, 6.45) is 6.17. The molecule has 4 amide bonds. The van der Waals surface area contributed by atoms with Crippen molar-refractivity contribution in [1.29, 1.82) is 0 Å². The van der Waals surface area contributed by atoms with Crippen molar-refractivity contribution in [3.63, 3.8) is 0 Å². The van der Waals surface area contributed by atoms with Gasteiger partial charge in [0.25, 0.3) is 11.8 Å². The smallest absolute Gasteiger partial charge is 0.262 e. The minimum Gasteiger partial charge on any atom is -0.494 e. The Balaban J connectivity index is 0.833. The molecule has 1 unspecified atom stereocenters. The zero-order chi connectivity index (χ0) is 41.3. The molecular weight excluding hydrogens is 765 g/mol. The molecular formula is C42H48N6O9S. The number of nitrogens with zero attached hydrogens (tertiary/aromatic N) is 3. The molecule has 58 heavy (non-hydrogen) atoms. The number of ether oxygens (including phenoxy) is 3. The maximum Gasteiger partial charge on any atom is 0.262 e. The number of carbonyl (C=O) groups excluding carboxylic acids is 4. The van der Waals surface area contributed by atoms with Gasteiger partial charge in [0, 0.05) is 43.5 Å². The van der Waals surface area contributed by atoms with Crippen molar-refractivity contribution in [1.82, 2.24) is 20.2 Å². The van der Waals surface area contributed by atoms with E-state index >= 15 is 0 Å². The largest absolute Gasteiger partial charge is 0.494 e. The minimum atomic E-state index is -3.48. The molecule has 1 saturated heterocycles. The third-order valence-corrected chi connectivity index (χ3v) is 10.5. The van der Waals surface area contributed by atoms with Gasteiger partial charge in [-0.2, -0.15) is 0 Å². The molecule has 16 heteroatoms. The molecule has 0 aliphatic carbocycles. The van der Waals surface area contributed by atoms with Crippen LogP contribution in [0.25, 0.3) is 0 Å². The van der Waals surface area contributed by atoms with Crippen molar-refractivity contribution in [3.05, 3.63) is 107 Å². The Kier molecular flexibility index (Phi) is 13.4. The van der Waals surface area contributed by atoms with Crippen molar-refractivity contribution in [2.45, 2.75) is 70.4 Å². The van der Waals surface area contributed by atoms with E-state index in [1.165, 1.54) is 6.20 Å². The number of imide groups is 2. The quantitative estimate of drug-likeness (QED) is 0.0779. The van der Waals surface area contributed by atoms with Crippen LogP contribution in [0.15, 0.2) is 79.0 Å². The summed E-state index contributed by atoms with van der Waals surface area (Å²) < 4.78 is 42.9. The molecule has 2 aliphatic heterocycles. The summed E-state index contributed by atoms with van der Waals surface area (Å²) in [6, 6.07) is 21.7. The van der Waals surface area contributed by atoms with E-state index in [-0.39, 0.29) is 41.9 Å². The molecule has 0 radical (unpaired) electrons. The van der Waals surface area contributed by atoms with E-state index in [2.05, 4.69) is 51.3 Å². The fourth-order valence-corrected chi connectivity index (χ4v) is 7.12. The van der Waals surface area contributed by atoms with E-state index < -0.39 is 39.7 Å². The third kappa shape index (κ3) is 10.7. The lowest BCUT2D eigenvalue weighted by atomic mass is 9.78. The number of rotatable bonds is 20. The predicted octanol–water partition coefficient (Wildman–Crippen LogP) is 5.22. The van der Waals surface area contributed by atoms with Crippen LogP contribution in [0.2, 0.25) is 0 Å². The van der Waals surface area contributed by atoms with E-state index in [0.29, 0.717) is 43.5 Å². The molecule has 4 aromatic rings. The fourth-order valence-electron chi connectivity index (χ4n) is 6.69. The highest BCUT2D eigenvalue weighted by Gasteiger charge is 2.44. The number of carbonyl (C=O) groups is 4. The van der Waals surface area contributed by atoms with Crippen molar-refractivity contribution >= 4 is 45.3 Å². The average Bonchev–Trinajstić information content (AvgIpc) is 3.43. The molecule has 2 aliphatic rings. The Hall–Kier alpha value is -5.87. The van der Waals surface area contributed by atoms with Crippen LogP contribution in [0.4, 0.5) is 11.6 Å². The highest BCUT2D eigenvalue weighted by Crippen LogP contribution is 2.34. The number of anilines is 2. The van der Waals surface area contributed by atoms with Gasteiger partial charge < -0.3 is 19.5 Å². The van der Waals surface area contributed by atoms with E-state index in [9.17, 15) is 27.6 Å². The number of unbranched alkanes of at least 4 members (excludes halogenated alkanes) is 2. The zero-order valence-electron chi connectivity index (χ0n) is 32.8. The van der Waals surface area contributed by atoms with Crippen molar-refractivity contribution < 1.29 is 41.8 Å². The highest BCUT2D eigenvalue weighted by molar-refractivity contribution is 7.92. The van der Waals surface area contributed by atoms with Gasteiger partial charge in [-0.3, -0.25) is 34.1 Å². The van der Waals surface area contributed by atoms with Gasteiger partial charge in [-0.25, -0.2) is 18.4 Å². The Bertz CT molecular complexity index is 2230. The molecule has 6 rings (SSSR count).